The first-order chi connectivity index (χ1) is 5.13. The van der Waals surface area contributed by atoms with E-state index in [-0.39, 0.29) is 11.3 Å². The Bertz CT molecular complexity index is 291. The predicted octanol–water partition coefficient (Wildman–Crippen LogP) is 1.84. The van der Waals surface area contributed by atoms with E-state index in [1.165, 1.54) is 25.1 Å². The van der Waals surface area contributed by atoms with Gasteiger partial charge in [0.05, 0.1) is 5.56 Å². The van der Waals surface area contributed by atoms with E-state index in [4.69, 9.17) is 5.11 Å². The van der Waals surface area contributed by atoms with Gasteiger partial charge in [-0.05, 0) is 19.1 Å². The summed E-state index contributed by atoms with van der Waals surface area (Å²) in [5, 5.41) is 19.4. The van der Waals surface area contributed by atoms with Crippen molar-refractivity contribution in [2.75, 3.05) is 0 Å². The topological polar surface area (TPSA) is 57.2 Å². The van der Waals surface area contributed by atoms with Crippen LogP contribution in [-0.4, -0.2) is 11.1 Å². The molecule has 0 heterocycles. The molecule has 1 radical (unpaired) electrons. The van der Waals surface area contributed by atoms with Gasteiger partial charge in [-0.25, -0.2) is 4.79 Å². The van der Waals surface area contributed by atoms with Gasteiger partial charge < -0.3 is 5.11 Å². The number of hydrogen-bond donors (Lipinski definition) is 1. The lowest BCUT2D eigenvalue weighted by Gasteiger charge is -1.98. The third-order valence-electron chi connectivity index (χ3n) is 1.51. The molecule has 1 rings (SSSR count). The van der Waals surface area contributed by atoms with Gasteiger partial charge in [0.25, 0.3) is 0 Å². The minimum Gasteiger partial charge on any atom is -0.478 e. The molecule has 11 heavy (non-hydrogen) atoms. The van der Waals surface area contributed by atoms with E-state index < -0.39 is 5.97 Å². The summed E-state index contributed by atoms with van der Waals surface area (Å²) in [7, 11) is 0. The van der Waals surface area contributed by atoms with Gasteiger partial charge in [-0.1, -0.05) is 6.07 Å². The van der Waals surface area contributed by atoms with Gasteiger partial charge in [0.2, 0.25) is 0 Å². The highest BCUT2D eigenvalue weighted by Gasteiger charge is 2.09. The van der Waals surface area contributed by atoms with Crippen LogP contribution in [0.5, 0.6) is 5.75 Å². The standard InChI is InChI=1S/C8H7O3/c1-5-6(8(10)11)3-2-4-7(5)9/h2-4H,1H3,(H,10,11). The Labute approximate surface area is 63.9 Å². The third-order valence-corrected chi connectivity index (χ3v) is 1.51. The number of carboxylic acids is 1. The van der Waals surface area contributed by atoms with Gasteiger partial charge in [-0.15, -0.1) is 0 Å². The van der Waals surface area contributed by atoms with Crippen molar-refractivity contribution in [2.24, 2.45) is 0 Å². The van der Waals surface area contributed by atoms with Crippen molar-refractivity contribution < 1.29 is 15.0 Å². The van der Waals surface area contributed by atoms with E-state index in [9.17, 15) is 9.90 Å². The van der Waals surface area contributed by atoms with Gasteiger partial charge in [-0.3, -0.25) is 5.11 Å². The first-order valence-electron chi connectivity index (χ1n) is 3.13. The first-order valence-corrected chi connectivity index (χ1v) is 3.13. The number of hydrogen-bond acceptors (Lipinski definition) is 1. The molecule has 57 valence electrons. The van der Waals surface area contributed by atoms with Crippen LogP contribution in [0.1, 0.15) is 15.9 Å². The second-order valence-electron chi connectivity index (χ2n) is 2.23. The van der Waals surface area contributed by atoms with Gasteiger partial charge in [0.15, 0.2) is 5.75 Å². The molecule has 1 N–H and O–H groups in total. The molecule has 0 aliphatic rings. The van der Waals surface area contributed by atoms with Crippen LogP contribution >= 0.6 is 0 Å². The molecule has 0 atom stereocenters. The summed E-state index contributed by atoms with van der Waals surface area (Å²) in [4.78, 5) is 10.4. The summed E-state index contributed by atoms with van der Waals surface area (Å²) < 4.78 is 0. The lowest BCUT2D eigenvalue weighted by Crippen LogP contribution is -1.98. The predicted molar refractivity (Wildman–Crippen MR) is 38.3 cm³/mol. The molecule has 1 aromatic carbocycles. The van der Waals surface area contributed by atoms with Crippen LogP contribution in [0.15, 0.2) is 18.2 Å². The van der Waals surface area contributed by atoms with Crippen molar-refractivity contribution in [1.29, 1.82) is 0 Å². The Balaban J connectivity index is 3.27. The highest BCUT2D eigenvalue weighted by Crippen LogP contribution is 2.19. The zero-order valence-electron chi connectivity index (χ0n) is 6.00. The number of rotatable bonds is 1. The second kappa shape index (κ2) is 2.62. The van der Waals surface area contributed by atoms with E-state index in [0.29, 0.717) is 5.56 Å². The van der Waals surface area contributed by atoms with Crippen LogP contribution in [0.4, 0.5) is 0 Å². The monoisotopic (exact) mass is 151 g/mol. The number of benzene rings is 1. The van der Waals surface area contributed by atoms with Crippen molar-refractivity contribution >= 4 is 5.97 Å². The van der Waals surface area contributed by atoms with Crippen molar-refractivity contribution in [3.63, 3.8) is 0 Å². The Hall–Kier alpha value is -1.51. The lowest BCUT2D eigenvalue weighted by molar-refractivity contribution is 0.0695. The van der Waals surface area contributed by atoms with E-state index in [1.807, 2.05) is 0 Å². The van der Waals surface area contributed by atoms with Crippen molar-refractivity contribution in [2.45, 2.75) is 6.92 Å². The van der Waals surface area contributed by atoms with Gasteiger partial charge in [0.1, 0.15) is 0 Å². The summed E-state index contributed by atoms with van der Waals surface area (Å²) in [6.45, 7) is 1.51. The Kier molecular flexibility index (Phi) is 1.81. The average molecular weight is 151 g/mol. The zero-order valence-corrected chi connectivity index (χ0v) is 6.00. The van der Waals surface area contributed by atoms with E-state index in [1.54, 1.807) is 0 Å². The van der Waals surface area contributed by atoms with E-state index in [0.717, 1.165) is 0 Å². The summed E-state index contributed by atoms with van der Waals surface area (Å²) >= 11 is 0. The van der Waals surface area contributed by atoms with E-state index in [2.05, 4.69) is 0 Å². The maximum Gasteiger partial charge on any atom is 0.336 e. The summed E-state index contributed by atoms with van der Waals surface area (Å²) in [5.41, 5.74) is 0.373. The fraction of sp³-hybridized carbons (Fsp3) is 0.125. The Morgan fingerprint density at radius 2 is 2.09 bits per heavy atom. The van der Waals surface area contributed by atoms with Crippen molar-refractivity contribution in [3.8, 4) is 5.75 Å². The number of aromatic carboxylic acids is 1. The Morgan fingerprint density at radius 1 is 1.45 bits per heavy atom. The second-order valence-corrected chi connectivity index (χ2v) is 2.23. The summed E-state index contributed by atoms with van der Waals surface area (Å²) in [6.07, 6.45) is 0. The van der Waals surface area contributed by atoms with Crippen molar-refractivity contribution in [1.82, 2.24) is 0 Å². The van der Waals surface area contributed by atoms with Crippen LogP contribution in [0, 0.1) is 6.92 Å². The molecule has 0 amide bonds. The van der Waals surface area contributed by atoms with Gasteiger partial charge in [-0.2, -0.15) is 0 Å². The highest BCUT2D eigenvalue weighted by atomic mass is 16.4. The lowest BCUT2D eigenvalue weighted by atomic mass is 10.1. The largest absolute Gasteiger partial charge is 0.478 e. The van der Waals surface area contributed by atoms with Crippen LogP contribution in [-0.2, 0) is 5.11 Å². The molecule has 0 aromatic heterocycles. The zero-order chi connectivity index (χ0) is 8.43. The Morgan fingerprint density at radius 3 is 2.55 bits per heavy atom. The molecule has 3 heteroatoms. The molecular formula is C8H7O3. The van der Waals surface area contributed by atoms with Crippen LogP contribution in [0.3, 0.4) is 0 Å². The summed E-state index contributed by atoms with van der Waals surface area (Å²) in [6, 6.07) is 4.21. The minimum atomic E-state index is -1.06. The SMILES string of the molecule is Cc1c([O])cccc1C(=O)O. The molecule has 0 unspecified atom stereocenters. The molecule has 3 nitrogen and oxygen atoms in total. The highest BCUT2D eigenvalue weighted by molar-refractivity contribution is 5.89. The molecule has 0 aliphatic heterocycles. The molecule has 0 saturated carbocycles. The maximum absolute atomic E-state index is 10.9. The van der Waals surface area contributed by atoms with E-state index >= 15 is 0 Å². The average Bonchev–Trinajstić information content (AvgIpc) is 1.94. The molecular weight excluding hydrogens is 144 g/mol. The molecule has 0 saturated heterocycles. The number of carboxylic acid groups (broad SMARTS) is 1. The molecule has 0 bridgehead atoms. The molecule has 0 spiro atoms. The molecule has 0 aliphatic carbocycles. The van der Waals surface area contributed by atoms with Crippen LogP contribution in [0.2, 0.25) is 0 Å². The quantitative estimate of drug-likeness (QED) is 0.665. The van der Waals surface area contributed by atoms with Gasteiger partial charge in [0, 0.05) is 5.56 Å². The van der Waals surface area contributed by atoms with Crippen LogP contribution in [0.25, 0.3) is 0 Å². The third kappa shape index (κ3) is 1.32. The maximum atomic E-state index is 10.9. The molecule has 0 fully saturated rings. The molecule has 1 aromatic rings. The normalized spacial score (nSPS) is 9.55. The van der Waals surface area contributed by atoms with Crippen LogP contribution < -0.4 is 0 Å². The fourth-order valence-electron chi connectivity index (χ4n) is 0.846. The summed E-state index contributed by atoms with van der Waals surface area (Å²) in [5.74, 6) is -1.29. The number of carbonyl (C=O) groups is 1. The van der Waals surface area contributed by atoms with Crippen molar-refractivity contribution in [3.05, 3.63) is 29.3 Å². The minimum absolute atomic E-state index is 0.0810. The first kappa shape index (κ1) is 7.60. The fourth-order valence-corrected chi connectivity index (χ4v) is 0.846. The smallest absolute Gasteiger partial charge is 0.336 e. The van der Waals surface area contributed by atoms with Gasteiger partial charge >= 0.3 is 5.97 Å².